The first-order valence-electron chi connectivity index (χ1n) is 10.6. The maximum atomic E-state index is 13.4. The number of rotatable bonds is 3. The van der Waals surface area contributed by atoms with Gasteiger partial charge in [-0.3, -0.25) is 4.79 Å². The second-order valence-corrected chi connectivity index (χ2v) is 9.77. The monoisotopic (exact) mass is 501 g/mol. The number of ether oxygens (including phenoxy) is 1. The third-order valence-corrected chi connectivity index (χ3v) is 7.11. The third kappa shape index (κ3) is 4.53. The minimum Gasteiger partial charge on any atom is -0.378 e. The highest BCUT2D eigenvalue weighted by atomic mass is 35.5. The lowest BCUT2D eigenvalue weighted by molar-refractivity contribution is -0.0938. The van der Waals surface area contributed by atoms with Crippen molar-refractivity contribution in [1.82, 2.24) is 9.80 Å². The van der Waals surface area contributed by atoms with Crippen LogP contribution < -0.4 is 0 Å². The number of alkyl halides is 3. The molecule has 0 aliphatic carbocycles. The van der Waals surface area contributed by atoms with E-state index in [1.807, 2.05) is 6.08 Å². The highest BCUT2D eigenvalue weighted by molar-refractivity contribution is 6.38. The molecular weight excluding hydrogens is 478 g/mol. The summed E-state index contributed by atoms with van der Waals surface area (Å²) in [6, 6.07) is 3.23. The zero-order valence-electron chi connectivity index (χ0n) is 18.5. The molecule has 3 aliphatic heterocycles. The van der Waals surface area contributed by atoms with Gasteiger partial charge in [0.05, 0.1) is 23.8 Å². The fourth-order valence-corrected chi connectivity index (χ4v) is 4.97. The molecule has 4 rings (SSSR count). The number of amides is 1. The Labute approximate surface area is 200 Å². The summed E-state index contributed by atoms with van der Waals surface area (Å²) in [5.74, 6) is -0.190. The van der Waals surface area contributed by atoms with E-state index in [4.69, 9.17) is 27.9 Å². The van der Waals surface area contributed by atoms with Crippen molar-refractivity contribution in [3.8, 4) is 0 Å². The molecule has 1 aromatic carbocycles. The Morgan fingerprint density at radius 3 is 2.55 bits per heavy atom. The molecule has 1 aromatic rings. The number of halogens is 5. The lowest BCUT2D eigenvalue weighted by Crippen LogP contribution is -2.40. The van der Waals surface area contributed by atoms with Gasteiger partial charge in [0.2, 0.25) is 0 Å². The van der Waals surface area contributed by atoms with Crippen LogP contribution >= 0.6 is 23.2 Å². The van der Waals surface area contributed by atoms with Gasteiger partial charge in [0.15, 0.2) is 0 Å². The van der Waals surface area contributed by atoms with Crippen molar-refractivity contribution in [2.75, 3.05) is 33.4 Å². The van der Waals surface area contributed by atoms with Gasteiger partial charge in [-0.2, -0.15) is 13.2 Å². The summed E-state index contributed by atoms with van der Waals surface area (Å²) in [6.45, 7) is 5.40. The number of carbonyl (C=O) groups excluding carboxylic acids is 1. The van der Waals surface area contributed by atoms with E-state index < -0.39 is 17.3 Å². The number of nitrogens with zero attached hydrogens (tertiary/aromatic N) is 3. The fourth-order valence-electron chi connectivity index (χ4n) is 4.39. The fraction of sp³-hybridized carbons (Fsp3) is 0.478. The van der Waals surface area contributed by atoms with Gasteiger partial charge in [-0.1, -0.05) is 43.1 Å². The topological polar surface area (TPSA) is 45.1 Å². The Balaban J connectivity index is 1.64. The van der Waals surface area contributed by atoms with Crippen molar-refractivity contribution in [2.24, 2.45) is 16.3 Å². The van der Waals surface area contributed by atoms with Crippen molar-refractivity contribution in [2.45, 2.75) is 26.4 Å². The Hall–Kier alpha value is -2.03. The van der Waals surface area contributed by atoms with E-state index in [1.54, 1.807) is 42.8 Å². The molecule has 0 N–H and O–H groups in total. The minimum absolute atomic E-state index is 0.201. The summed E-state index contributed by atoms with van der Waals surface area (Å²) < 4.78 is 45.5. The summed E-state index contributed by atoms with van der Waals surface area (Å²) in [5, 5.41) is 0.636. The van der Waals surface area contributed by atoms with E-state index in [0.717, 1.165) is 5.70 Å². The number of morpholine rings is 1. The maximum absolute atomic E-state index is 13.4. The Morgan fingerprint density at radius 1 is 1.24 bits per heavy atom. The van der Waals surface area contributed by atoms with Gasteiger partial charge in [-0.15, -0.1) is 0 Å². The van der Waals surface area contributed by atoms with Crippen LogP contribution in [-0.4, -0.2) is 61.1 Å². The SMILES string of the molecule is CN1C(Cc2c(Cl)ccc(C(=O)N3CCOCC3)c2Cl)=CC2C1=NC(C(F)(F)F)=CC2(C)C. The van der Waals surface area contributed by atoms with Gasteiger partial charge >= 0.3 is 6.18 Å². The van der Waals surface area contributed by atoms with Crippen molar-refractivity contribution >= 4 is 34.9 Å². The molecule has 0 spiro atoms. The van der Waals surface area contributed by atoms with Crippen LogP contribution in [0, 0.1) is 11.3 Å². The molecule has 178 valence electrons. The number of likely N-dealkylation sites (N-methyl/N-ethyl adjacent to an activating group) is 1. The van der Waals surface area contributed by atoms with Crippen molar-refractivity contribution in [3.63, 3.8) is 0 Å². The number of amidine groups is 1. The minimum atomic E-state index is -4.53. The predicted molar refractivity (Wildman–Crippen MR) is 122 cm³/mol. The Bertz CT molecular complexity index is 1070. The average molecular weight is 502 g/mol. The number of benzene rings is 1. The van der Waals surface area contributed by atoms with E-state index in [9.17, 15) is 18.0 Å². The lowest BCUT2D eigenvalue weighted by atomic mass is 9.76. The van der Waals surface area contributed by atoms with Crippen LogP contribution in [0.2, 0.25) is 10.0 Å². The maximum Gasteiger partial charge on any atom is 0.433 e. The quantitative estimate of drug-likeness (QED) is 0.561. The van der Waals surface area contributed by atoms with Crippen LogP contribution in [0.5, 0.6) is 0 Å². The van der Waals surface area contributed by atoms with Crippen molar-refractivity contribution in [3.05, 3.63) is 56.9 Å². The molecular formula is C23H24Cl2F3N3O2. The van der Waals surface area contributed by atoms with Gasteiger partial charge < -0.3 is 14.5 Å². The molecule has 3 heterocycles. The van der Waals surface area contributed by atoms with Crippen LogP contribution in [0.1, 0.15) is 29.8 Å². The van der Waals surface area contributed by atoms with Crippen molar-refractivity contribution < 1.29 is 22.7 Å². The number of aliphatic imine (C=N–C) groups is 1. The van der Waals surface area contributed by atoms with E-state index in [-0.39, 0.29) is 23.3 Å². The summed E-state index contributed by atoms with van der Waals surface area (Å²) in [5.41, 5.74) is -0.0515. The Kier molecular flexibility index (Phi) is 6.31. The molecule has 0 radical (unpaired) electrons. The van der Waals surface area contributed by atoms with E-state index in [2.05, 4.69) is 4.99 Å². The van der Waals surface area contributed by atoms with Gasteiger partial charge in [0, 0.05) is 43.2 Å². The van der Waals surface area contributed by atoms with Gasteiger partial charge in [-0.05, 0) is 29.2 Å². The van der Waals surface area contributed by atoms with Crippen LogP contribution in [0.25, 0.3) is 0 Å². The summed E-state index contributed by atoms with van der Waals surface area (Å²) in [7, 11) is 1.69. The summed E-state index contributed by atoms with van der Waals surface area (Å²) in [6.07, 6.45) is -1.19. The van der Waals surface area contributed by atoms with E-state index >= 15 is 0 Å². The second kappa shape index (κ2) is 8.64. The van der Waals surface area contributed by atoms with Crippen LogP contribution in [0.3, 0.4) is 0 Å². The van der Waals surface area contributed by atoms with Gasteiger partial charge in [0.25, 0.3) is 5.91 Å². The molecule has 0 aromatic heterocycles. The highest BCUT2D eigenvalue weighted by Crippen LogP contribution is 2.45. The number of carbonyl (C=O) groups is 1. The van der Waals surface area contributed by atoms with Crippen LogP contribution in [0.15, 0.2) is 40.7 Å². The number of hydrogen-bond donors (Lipinski definition) is 0. The van der Waals surface area contributed by atoms with Crippen LogP contribution in [-0.2, 0) is 11.2 Å². The van der Waals surface area contributed by atoms with E-state index in [0.29, 0.717) is 48.3 Å². The third-order valence-electron chi connectivity index (χ3n) is 6.32. The zero-order valence-corrected chi connectivity index (χ0v) is 20.0. The number of fused-ring (bicyclic) bond motifs is 1. The number of hydrogen-bond acceptors (Lipinski definition) is 4. The number of allylic oxidation sites excluding steroid dienone is 3. The van der Waals surface area contributed by atoms with Crippen LogP contribution in [0.4, 0.5) is 13.2 Å². The zero-order chi connectivity index (χ0) is 24.1. The first-order valence-corrected chi connectivity index (χ1v) is 11.3. The molecule has 10 heteroatoms. The molecule has 1 unspecified atom stereocenters. The van der Waals surface area contributed by atoms with E-state index in [1.165, 1.54) is 6.08 Å². The van der Waals surface area contributed by atoms with Gasteiger partial charge in [0.1, 0.15) is 11.5 Å². The predicted octanol–water partition coefficient (Wildman–Crippen LogP) is 5.34. The summed E-state index contributed by atoms with van der Waals surface area (Å²) in [4.78, 5) is 20.3. The molecule has 5 nitrogen and oxygen atoms in total. The second-order valence-electron chi connectivity index (χ2n) is 8.98. The lowest BCUT2D eigenvalue weighted by Gasteiger charge is -2.34. The highest BCUT2D eigenvalue weighted by Gasteiger charge is 2.46. The molecule has 3 aliphatic rings. The Morgan fingerprint density at radius 2 is 1.91 bits per heavy atom. The van der Waals surface area contributed by atoms with Crippen molar-refractivity contribution in [1.29, 1.82) is 0 Å². The molecule has 0 bridgehead atoms. The molecule has 1 fully saturated rings. The standard InChI is InChI=1S/C23H24Cl2F3N3O2/c1-22(2)12-18(23(26,27)28)29-20-16(22)11-13(30(20)3)10-15-17(24)5-4-14(19(15)25)21(32)31-6-8-33-9-7-31/h4-5,11-12,16H,6-10H2,1-3H3. The first-order chi connectivity index (χ1) is 15.4. The molecule has 1 amide bonds. The molecule has 1 saturated heterocycles. The normalized spacial score (nSPS) is 22.5. The first kappa shape index (κ1) is 24.1. The average Bonchev–Trinajstić information content (AvgIpc) is 3.07. The smallest absolute Gasteiger partial charge is 0.378 e. The molecule has 1 atom stereocenters. The largest absolute Gasteiger partial charge is 0.433 e. The van der Waals surface area contributed by atoms with Gasteiger partial charge in [-0.25, -0.2) is 4.99 Å². The summed E-state index contributed by atoms with van der Waals surface area (Å²) >= 11 is 13.1. The molecule has 33 heavy (non-hydrogen) atoms. The molecule has 0 saturated carbocycles.